The highest BCUT2D eigenvalue weighted by Crippen LogP contribution is 2.29. The Morgan fingerprint density at radius 3 is 2.60 bits per heavy atom. The highest BCUT2D eigenvalue weighted by Gasteiger charge is 2.14. The van der Waals surface area contributed by atoms with E-state index in [1.54, 1.807) is 25.6 Å². The molecule has 0 radical (unpaired) electrons. The summed E-state index contributed by atoms with van der Waals surface area (Å²) in [6, 6.07) is 13.2. The fourth-order valence-electron chi connectivity index (χ4n) is 3.77. The summed E-state index contributed by atoms with van der Waals surface area (Å²) in [5, 5.41) is 3.30. The van der Waals surface area contributed by atoms with Crippen molar-refractivity contribution in [3.05, 3.63) is 66.6 Å². The first-order chi connectivity index (χ1) is 17.0. The third-order valence-corrected chi connectivity index (χ3v) is 6.27. The van der Waals surface area contributed by atoms with Gasteiger partial charge in [0.15, 0.2) is 11.5 Å². The third-order valence-electron chi connectivity index (χ3n) is 5.46. The largest absolute Gasteiger partial charge is 0.497 e. The van der Waals surface area contributed by atoms with Gasteiger partial charge in [-0.2, -0.15) is 0 Å². The monoisotopic (exact) mass is 496 g/mol. The molecule has 4 aromatic rings. The molecule has 0 bridgehead atoms. The quantitative estimate of drug-likeness (QED) is 0.214. The van der Waals surface area contributed by atoms with E-state index in [1.165, 1.54) is 4.31 Å². The number of thiol groups is 1. The maximum absolute atomic E-state index is 11.8. The number of methoxy groups -OCH3 is 1. The Balaban J connectivity index is 1.57. The standard InChI is InChI=1S/C24H28N6O4S/c1-17-15-19(5-8-21(17)30(35(31)32)12-14-34-13-9-25)28-23-24-27-16-22(29(24)11-10-26-23)18-3-6-20(33-2)7-4-18/h3-8,10-11,15-16,35H,9,12-14,25H2,1-2H3,(H,26,28). The summed E-state index contributed by atoms with van der Waals surface area (Å²) in [5.41, 5.74) is 10.2. The van der Waals surface area contributed by atoms with Gasteiger partial charge in [-0.25, -0.2) is 18.4 Å². The summed E-state index contributed by atoms with van der Waals surface area (Å²) in [5.74, 6) is 1.37. The van der Waals surface area contributed by atoms with Gasteiger partial charge in [-0.05, 0) is 55.0 Å². The minimum atomic E-state index is -2.81. The number of hydrogen-bond acceptors (Lipinski definition) is 8. The van der Waals surface area contributed by atoms with Crippen LogP contribution in [0.1, 0.15) is 5.56 Å². The number of hydrogen-bond donors (Lipinski definition) is 3. The number of rotatable bonds is 11. The summed E-state index contributed by atoms with van der Waals surface area (Å²) < 4.78 is 37.5. The second-order valence-electron chi connectivity index (χ2n) is 7.73. The number of imidazole rings is 1. The fraction of sp³-hybridized carbons (Fsp3) is 0.250. The van der Waals surface area contributed by atoms with Crippen LogP contribution in [-0.2, 0) is 15.6 Å². The molecule has 0 saturated heterocycles. The predicted molar refractivity (Wildman–Crippen MR) is 137 cm³/mol. The van der Waals surface area contributed by atoms with Crippen molar-refractivity contribution in [1.82, 2.24) is 14.4 Å². The zero-order valence-corrected chi connectivity index (χ0v) is 20.4. The van der Waals surface area contributed by atoms with Crippen molar-refractivity contribution in [2.75, 3.05) is 43.0 Å². The number of anilines is 3. The number of aromatic nitrogens is 3. The molecular formula is C24H28N6O4S. The van der Waals surface area contributed by atoms with Crippen LogP contribution in [-0.4, -0.2) is 56.2 Å². The molecular weight excluding hydrogens is 468 g/mol. The summed E-state index contributed by atoms with van der Waals surface area (Å²) in [7, 11) is -1.18. The number of nitrogens with two attached hydrogens (primary N) is 1. The smallest absolute Gasteiger partial charge is 0.225 e. The molecule has 4 rings (SSSR count). The van der Waals surface area contributed by atoms with Crippen molar-refractivity contribution < 1.29 is 17.9 Å². The Labute approximate surface area is 205 Å². The van der Waals surface area contributed by atoms with Crippen LogP contribution in [0.15, 0.2) is 61.1 Å². The molecule has 35 heavy (non-hydrogen) atoms. The van der Waals surface area contributed by atoms with Crippen molar-refractivity contribution in [3.8, 4) is 17.0 Å². The molecule has 0 atom stereocenters. The van der Waals surface area contributed by atoms with E-state index in [4.69, 9.17) is 15.2 Å². The number of ether oxygens (including phenoxy) is 2. The van der Waals surface area contributed by atoms with Gasteiger partial charge in [0, 0.05) is 30.2 Å². The lowest BCUT2D eigenvalue weighted by atomic mass is 10.1. The maximum atomic E-state index is 11.8. The van der Waals surface area contributed by atoms with Crippen molar-refractivity contribution in [2.45, 2.75) is 6.92 Å². The van der Waals surface area contributed by atoms with E-state index in [1.807, 2.05) is 53.9 Å². The molecule has 0 aliphatic heterocycles. The number of nitrogens with one attached hydrogen (secondary N) is 1. The lowest BCUT2D eigenvalue weighted by molar-refractivity contribution is 0.150. The average molecular weight is 497 g/mol. The molecule has 0 aliphatic carbocycles. The van der Waals surface area contributed by atoms with Gasteiger partial charge in [0.25, 0.3) is 0 Å². The molecule has 2 aromatic heterocycles. The molecule has 11 heteroatoms. The van der Waals surface area contributed by atoms with Gasteiger partial charge >= 0.3 is 0 Å². The maximum Gasteiger partial charge on any atom is 0.225 e. The molecule has 0 spiro atoms. The third kappa shape index (κ3) is 5.53. The first kappa shape index (κ1) is 24.5. The number of nitrogens with zero attached hydrogens (tertiary/aromatic N) is 4. The van der Waals surface area contributed by atoms with Gasteiger partial charge in [0.05, 0.1) is 44.4 Å². The summed E-state index contributed by atoms with van der Waals surface area (Å²) in [6.45, 7) is 3.12. The van der Waals surface area contributed by atoms with Gasteiger partial charge < -0.3 is 20.5 Å². The molecule has 2 heterocycles. The summed E-state index contributed by atoms with van der Waals surface area (Å²) >= 11 is 0. The van der Waals surface area contributed by atoms with Crippen LogP contribution in [0, 0.1) is 6.92 Å². The van der Waals surface area contributed by atoms with E-state index in [9.17, 15) is 8.42 Å². The van der Waals surface area contributed by atoms with E-state index < -0.39 is 10.9 Å². The Kier molecular flexibility index (Phi) is 7.80. The van der Waals surface area contributed by atoms with Gasteiger partial charge in [-0.15, -0.1) is 0 Å². The van der Waals surface area contributed by atoms with Gasteiger partial charge in [-0.3, -0.25) is 8.71 Å². The molecule has 10 nitrogen and oxygen atoms in total. The van der Waals surface area contributed by atoms with Gasteiger partial charge in [0.1, 0.15) is 5.75 Å². The van der Waals surface area contributed by atoms with Crippen LogP contribution in [0.2, 0.25) is 0 Å². The Morgan fingerprint density at radius 2 is 1.91 bits per heavy atom. The van der Waals surface area contributed by atoms with Crippen molar-refractivity contribution in [1.29, 1.82) is 0 Å². The lowest BCUT2D eigenvalue weighted by Crippen LogP contribution is -2.27. The number of benzene rings is 2. The van der Waals surface area contributed by atoms with Crippen LogP contribution in [0.25, 0.3) is 16.9 Å². The van der Waals surface area contributed by atoms with E-state index in [0.29, 0.717) is 30.3 Å². The zero-order valence-electron chi connectivity index (χ0n) is 19.5. The SMILES string of the molecule is COc1ccc(-c2cnc3c(Nc4ccc(N(CCOCCN)[SH](=O)=O)c(C)c4)nccn23)cc1. The Bertz CT molecular complexity index is 1360. The highest BCUT2D eigenvalue weighted by atomic mass is 32.2. The van der Waals surface area contributed by atoms with Crippen molar-refractivity contribution in [3.63, 3.8) is 0 Å². The van der Waals surface area contributed by atoms with Crippen LogP contribution in [0.4, 0.5) is 17.2 Å². The molecule has 0 aliphatic rings. The molecule has 0 fully saturated rings. The number of fused-ring (bicyclic) bond motifs is 1. The van der Waals surface area contributed by atoms with Crippen molar-refractivity contribution >= 4 is 33.7 Å². The molecule has 0 amide bonds. The van der Waals surface area contributed by atoms with Crippen LogP contribution in [0.3, 0.4) is 0 Å². The number of aryl methyl sites for hydroxylation is 1. The summed E-state index contributed by atoms with van der Waals surface area (Å²) in [4.78, 5) is 9.03. The molecule has 184 valence electrons. The Hall–Kier alpha value is -3.67. The van der Waals surface area contributed by atoms with Crippen LogP contribution < -0.4 is 20.1 Å². The first-order valence-electron chi connectivity index (χ1n) is 11.1. The minimum absolute atomic E-state index is 0.218. The Morgan fingerprint density at radius 1 is 1.11 bits per heavy atom. The summed E-state index contributed by atoms with van der Waals surface area (Å²) in [6.07, 6.45) is 5.36. The minimum Gasteiger partial charge on any atom is -0.497 e. The molecule has 3 N–H and O–H groups in total. The van der Waals surface area contributed by atoms with Gasteiger partial charge in [-0.1, -0.05) is 0 Å². The first-order valence-corrected chi connectivity index (χ1v) is 12.2. The second kappa shape index (κ2) is 11.2. The van der Waals surface area contributed by atoms with Crippen LogP contribution in [0.5, 0.6) is 5.75 Å². The topological polar surface area (TPSA) is 124 Å². The van der Waals surface area contributed by atoms with E-state index in [2.05, 4.69) is 15.3 Å². The van der Waals surface area contributed by atoms with Crippen molar-refractivity contribution in [2.24, 2.45) is 5.73 Å². The van der Waals surface area contributed by atoms with E-state index >= 15 is 0 Å². The normalized spacial score (nSPS) is 11.2. The van der Waals surface area contributed by atoms with E-state index in [0.717, 1.165) is 28.3 Å². The highest BCUT2D eigenvalue weighted by molar-refractivity contribution is 7.74. The molecule has 2 aromatic carbocycles. The van der Waals surface area contributed by atoms with Gasteiger partial charge in [0.2, 0.25) is 10.9 Å². The fourth-order valence-corrected chi connectivity index (χ4v) is 4.41. The second-order valence-corrected chi connectivity index (χ2v) is 8.69. The zero-order chi connectivity index (χ0) is 24.8. The molecule has 0 unspecified atom stereocenters. The average Bonchev–Trinajstić information content (AvgIpc) is 3.30. The van der Waals surface area contributed by atoms with E-state index in [-0.39, 0.29) is 13.2 Å². The lowest BCUT2D eigenvalue weighted by Gasteiger charge is -2.20. The molecule has 0 saturated carbocycles. The van der Waals surface area contributed by atoms with Crippen LogP contribution >= 0.6 is 0 Å². The predicted octanol–water partition coefficient (Wildman–Crippen LogP) is 2.77.